The van der Waals surface area contributed by atoms with Gasteiger partial charge in [0, 0.05) is 19.6 Å². The van der Waals surface area contributed by atoms with Crippen molar-refractivity contribution in [2.75, 3.05) is 20.3 Å². The van der Waals surface area contributed by atoms with Crippen molar-refractivity contribution < 1.29 is 14.3 Å². The summed E-state index contributed by atoms with van der Waals surface area (Å²) in [5, 5.41) is 0. The molecule has 0 heterocycles. The number of hydrogen-bond acceptors (Lipinski definition) is 4. The molecule has 0 spiro atoms. The first-order valence-electron chi connectivity index (χ1n) is 6.49. The molecule has 0 bridgehead atoms. The maximum atomic E-state index is 10.7. The molecule has 0 fully saturated rings. The average molecular weight is 345 g/mol. The molecule has 1 aromatic carbocycles. The fourth-order valence-electron chi connectivity index (χ4n) is 1.76. The molecule has 0 saturated carbocycles. The third-order valence-corrected chi connectivity index (χ3v) is 3.49. The second-order valence-corrected chi connectivity index (χ2v) is 5.35. The fourth-order valence-corrected chi connectivity index (χ4v) is 2.27. The summed E-state index contributed by atoms with van der Waals surface area (Å²) in [4.78, 5) is 10.7. The van der Waals surface area contributed by atoms with Gasteiger partial charge in [-0.2, -0.15) is 0 Å². The summed E-state index contributed by atoms with van der Waals surface area (Å²) in [6.07, 6.45) is 1.78. The lowest BCUT2D eigenvalue weighted by atomic mass is 10.0. The van der Waals surface area contributed by atoms with Gasteiger partial charge in [0.2, 0.25) is 5.91 Å². The first kappa shape index (κ1) is 16.9. The fraction of sp³-hybridized carbons (Fsp3) is 0.500. The highest BCUT2D eigenvalue weighted by Gasteiger charge is 2.10. The number of nitrogens with two attached hydrogens (primary N) is 2. The van der Waals surface area contributed by atoms with E-state index in [1.807, 2.05) is 18.2 Å². The Balaban J connectivity index is 2.54. The third-order valence-electron chi connectivity index (χ3n) is 2.87. The SMILES string of the molecule is COCCOc1ccc(C(N)CCCC(N)=O)cc1Br. The summed E-state index contributed by atoms with van der Waals surface area (Å²) in [6, 6.07) is 5.64. The van der Waals surface area contributed by atoms with Crippen molar-refractivity contribution in [3.05, 3.63) is 28.2 Å². The minimum Gasteiger partial charge on any atom is -0.490 e. The number of carbonyl (C=O) groups excluding carboxylic acids is 1. The minimum atomic E-state index is -0.291. The smallest absolute Gasteiger partial charge is 0.217 e. The Morgan fingerprint density at radius 1 is 1.40 bits per heavy atom. The van der Waals surface area contributed by atoms with Crippen molar-refractivity contribution >= 4 is 21.8 Å². The van der Waals surface area contributed by atoms with E-state index >= 15 is 0 Å². The Labute approximate surface area is 127 Å². The van der Waals surface area contributed by atoms with Crippen LogP contribution in [0.3, 0.4) is 0 Å². The first-order valence-corrected chi connectivity index (χ1v) is 7.29. The van der Waals surface area contributed by atoms with Crippen molar-refractivity contribution in [3.8, 4) is 5.75 Å². The number of benzene rings is 1. The number of methoxy groups -OCH3 is 1. The molecule has 5 nitrogen and oxygen atoms in total. The molecular formula is C14H21BrN2O3. The molecule has 0 aliphatic heterocycles. The van der Waals surface area contributed by atoms with Crippen LogP contribution < -0.4 is 16.2 Å². The summed E-state index contributed by atoms with van der Waals surface area (Å²) in [6.45, 7) is 1.04. The lowest BCUT2D eigenvalue weighted by Crippen LogP contribution is -2.14. The summed E-state index contributed by atoms with van der Waals surface area (Å²) in [7, 11) is 1.63. The van der Waals surface area contributed by atoms with Crippen molar-refractivity contribution in [1.82, 2.24) is 0 Å². The van der Waals surface area contributed by atoms with Crippen molar-refractivity contribution in [3.63, 3.8) is 0 Å². The van der Waals surface area contributed by atoms with Gasteiger partial charge in [-0.25, -0.2) is 0 Å². The molecule has 1 atom stereocenters. The number of hydrogen-bond donors (Lipinski definition) is 2. The van der Waals surface area contributed by atoms with Crippen LogP contribution in [0.1, 0.15) is 30.9 Å². The van der Waals surface area contributed by atoms with Gasteiger partial charge in [0.15, 0.2) is 0 Å². The number of rotatable bonds is 9. The number of primary amides is 1. The molecule has 1 aromatic rings. The lowest BCUT2D eigenvalue weighted by molar-refractivity contribution is -0.118. The Bertz CT molecular complexity index is 440. The highest BCUT2D eigenvalue weighted by Crippen LogP contribution is 2.29. The van der Waals surface area contributed by atoms with Gasteiger partial charge in [0.05, 0.1) is 11.1 Å². The zero-order valence-electron chi connectivity index (χ0n) is 11.6. The van der Waals surface area contributed by atoms with E-state index in [0.29, 0.717) is 26.1 Å². The molecule has 0 aromatic heterocycles. The second kappa shape index (κ2) is 8.94. The molecule has 112 valence electrons. The van der Waals surface area contributed by atoms with Crippen LogP contribution in [0.25, 0.3) is 0 Å². The minimum absolute atomic E-state index is 0.112. The Morgan fingerprint density at radius 2 is 2.15 bits per heavy atom. The van der Waals surface area contributed by atoms with Gasteiger partial charge < -0.3 is 20.9 Å². The average Bonchev–Trinajstić information content (AvgIpc) is 2.40. The molecule has 6 heteroatoms. The monoisotopic (exact) mass is 344 g/mol. The number of ether oxygens (including phenoxy) is 2. The summed E-state index contributed by atoms with van der Waals surface area (Å²) >= 11 is 3.46. The molecule has 20 heavy (non-hydrogen) atoms. The zero-order valence-corrected chi connectivity index (χ0v) is 13.2. The highest BCUT2D eigenvalue weighted by molar-refractivity contribution is 9.10. The van der Waals surface area contributed by atoms with E-state index in [0.717, 1.165) is 22.2 Å². The predicted molar refractivity (Wildman–Crippen MR) is 81.5 cm³/mol. The maximum absolute atomic E-state index is 10.7. The van der Waals surface area contributed by atoms with Crippen molar-refractivity contribution in [1.29, 1.82) is 0 Å². The third kappa shape index (κ3) is 5.90. The van der Waals surface area contributed by atoms with Crippen LogP contribution in [0.15, 0.2) is 22.7 Å². The van der Waals surface area contributed by atoms with E-state index in [-0.39, 0.29) is 11.9 Å². The second-order valence-electron chi connectivity index (χ2n) is 4.50. The van der Waals surface area contributed by atoms with Gasteiger partial charge >= 0.3 is 0 Å². The summed E-state index contributed by atoms with van der Waals surface area (Å²) in [5.41, 5.74) is 12.2. The molecule has 0 aliphatic carbocycles. The Hall–Kier alpha value is -1.11. The number of halogens is 1. The highest BCUT2D eigenvalue weighted by atomic mass is 79.9. The molecule has 0 saturated heterocycles. The topological polar surface area (TPSA) is 87.6 Å². The molecular weight excluding hydrogens is 324 g/mol. The van der Waals surface area contributed by atoms with E-state index in [9.17, 15) is 4.79 Å². The van der Waals surface area contributed by atoms with Gasteiger partial charge in [-0.15, -0.1) is 0 Å². The van der Waals surface area contributed by atoms with Crippen LogP contribution in [-0.4, -0.2) is 26.2 Å². The summed E-state index contributed by atoms with van der Waals surface area (Å²) in [5.74, 6) is 0.468. The molecule has 1 amide bonds. The normalized spacial score (nSPS) is 12.2. The lowest BCUT2D eigenvalue weighted by Gasteiger charge is -2.14. The molecule has 0 radical (unpaired) electrons. The van der Waals surface area contributed by atoms with E-state index in [1.165, 1.54) is 0 Å². The van der Waals surface area contributed by atoms with Gasteiger partial charge in [-0.1, -0.05) is 6.07 Å². The predicted octanol–water partition coefficient (Wildman–Crippen LogP) is 2.13. The molecule has 1 unspecified atom stereocenters. The maximum Gasteiger partial charge on any atom is 0.217 e. The van der Waals surface area contributed by atoms with Crippen LogP contribution >= 0.6 is 15.9 Å². The van der Waals surface area contributed by atoms with E-state index < -0.39 is 0 Å². The van der Waals surface area contributed by atoms with Crippen LogP contribution in [0.2, 0.25) is 0 Å². The Kier molecular flexibility index (Phi) is 7.58. The van der Waals surface area contributed by atoms with E-state index in [2.05, 4.69) is 15.9 Å². The van der Waals surface area contributed by atoms with Crippen LogP contribution in [-0.2, 0) is 9.53 Å². The number of carbonyl (C=O) groups is 1. The Morgan fingerprint density at radius 3 is 2.75 bits per heavy atom. The van der Waals surface area contributed by atoms with Gasteiger partial charge in [0.25, 0.3) is 0 Å². The van der Waals surface area contributed by atoms with Crippen LogP contribution in [0.4, 0.5) is 0 Å². The van der Waals surface area contributed by atoms with Crippen LogP contribution in [0.5, 0.6) is 5.75 Å². The molecule has 0 aliphatic rings. The van der Waals surface area contributed by atoms with Gasteiger partial charge in [0.1, 0.15) is 12.4 Å². The zero-order chi connectivity index (χ0) is 15.0. The van der Waals surface area contributed by atoms with Crippen molar-refractivity contribution in [2.45, 2.75) is 25.3 Å². The molecule has 1 rings (SSSR count). The summed E-state index contributed by atoms with van der Waals surface area (Å²) < 4.78 is 11.3. The van der Waals surface area contributed by atoms with Crippen molar-refractivity contribution in [2.24, 2.45) is 11.5 Å². The molecule has 4 N–H and O–H groups in total. The largest absolute Gasteiger partial charge is 0.490 e. The van der Waals surface area contributed by atoms with Crippen LogP contribution in [0, 0.1) is 0 Å². The standard InChI is InChI=1S/C14H21BrN2O3/c1-19-7-8-20-13-6-5-10(9-11(13)15)12(16)3-2-4-14(17)18/h5-6,9,12H,2-4,7-8,16H2,1H3,(H2,17,18). The number of amides is 1. The quantitative estimate of drug-likeness (QED) is 0.671. The van der Waals surface area contributed by atoms with E-state index in [1.54, 1.807) is 7.11 Å². The first-order chi connectivity index (χ1) is 9.54. The van der Waals surface area contributed by atoms with E-state index in [4.69, 9.17) is 20.9 Å². The van der Waals surface area contributed by atoms with Gasteiger partial charge in [-0.3, -0.25) is 4.79 Å². The van der Waals surface area contributed by atoms with Gasteiger partial charge in [-0.05, 0) is 46.5 Å².